The second-order valence-electron chi connectivity index (χ2n) is 7.67. The molecule has 0 radical (unpaired) electrons. The lowest BCUT2D eigenvalue weighted by atomic mass is 9.86. The fourth-order valence-electron chi connectivity index (χ4n) is 3.54. The SMILES string of the molecule is Cc1cnc(C(C)(C)NC(=O)C2CN(C(=O)C3CCCCC3)C2)s1. The van der Waals surface area contributed by atoms with Crippen LogP contribution in [-0.4, -0.2) is 34.8 Å². The van der Waals surface area contributed by atoms with Crippen LogP contribution in [0.3, 0.4) is 0 Å². The molecule has 1 saturated carbocycles. The van der Waals surface area contributed by atoms with Gasteiger partial charge in [-0.2, -0.15) is 0 Å². The number of rotatable bonds is 4. The number of nitrogens with zero attached hydrogens (tertiary/aromatic N) is 2. The highest BCUT2D eigenvalue weighted by atomic mass is 32.1. The first-order chi connectivity index (χ1) is 11.4. The van der Waals surface area contributed by atoms with E-state index in [2.05, 4.69) is 10.3 Å². The molecule has 1 aromatic rings. The van der Waals surface area contributed by atoms with E-state index < -0.39 is 5.54 Å². The Bertz CT molecular complexity index is 614. The molecule has 6 heteroatoms. The lowest BCUT2D eigenvalue weighted by Gasteiger charge is -2.41. The van der Waals surface area contributed by atoms with Gasteiger partial charge in [0.15, 0.2) is 0 Å². The molecule has 0 unspecified atom stereocenters. The molecule has 2 heterocycles. The predicted molar refractivity (Wildman–Crippen MR) is 94.7 cm³/mol. The highest BCUT2D eigenvalue weighted by Crippen LogP contribution is 2.29. The lowest BCUT2D eigenvalue weighted by molar-refractivity contribution is -0.147. The van der Waals surface area contributed by atoms with E-state index in [0.717, 1.165) is 35.6 Å². The number of likely N-dealkylation sites (tertiary alicyclic amines) is 1. The smallest absolute Gasteiger partial charge is 0.227 e. The maximum Gasteiger partial charge on any atom is 0.227 e. The molecule has 0 bridgehead atoms. The summed E-state index contributed by atoms with van der Waals surface area (Å²) in [6, 6.07) is 0. The van der Waals surface area contributed by atoms with E-state index in [1.54, 1.807) is 11.3 Å². The summed E-state index contributed by atoms with van der Waals surface area (Å²) in [5, 5.41) is 4.02. The Morgan fingerprint density at radius 3 is 2.46 bits per heavy atom. The molecule has 0 aromatic carbocycles. The first-order valence-electron chi connectivity index (χ1n) is 8.90. The van der Waals surface area contributed by atoms with Crippen LogP contribution in [0.4, 0.5) is 0 Å². The number of aromatic nitrogens is 1. The van der Waals surface area contributed by atoms with Gasteiger partial charge in [-0.25, -0.2) is 4.98 Å². The van der Waals surface area contributed by atoms with Gasteiger partial charge in [0, 0.05) is 30.1 Å². The largest absolute Gasteiger partial charge is 0.344 e. The molecule has 132 valence electrons. The van der Waals surface area contributed by atoms with Gasteiger partial charge in [-0.1, -0.05) is 19.3 Å². The quantitative estimate of drug-likeness (QED) is 0.909. The summed E-state index contributed by atoms with van der Waals surface area (Å²) in [6.07, 6.45) is 7.44. The number of thiazole rings is 1. The van der Waals surface area contributed by atoms with E-state index in [4.69, 9.17) is 0 Å². The fraction of sp³-hybridized carbons (Fsp3) is 0.722. The van der Waals surface area contributed by atoms with Gasteiger partial charge < -0.3 is 10.2 Å². The van der Waals surface area contributed by atoms with Crippen LogP contribution in [0.15, 0.2) is 6.20 Å². The number of carbonyl (C=O) groups is 2. The number of aryl methyl sites for hydroxylation is 1. The predicted octanol–water partition coefficient (Wildman–Crippen LogP) is 2.84. The van der Waals surface area contributed by atoms with E-state index in [-0.39, 0.29) is 23.7 Å². The molecule has 1 aliphatic carbocycles. The summed E-state index contributed by atoms with van der Waals surface area (Å²) in [7, 11) is 0. The first-order valence-corrected chi connectivity index (χ1v) is 9.72. The molecule has 0 spiro atoms. The molecule has 0 atom stereocenters. The van der Waals surface area contributed by atoms with E-state index in [0.29, 0.717) is 13.1 Å². The molecule has 2 fully saturated rings. The zero-order valence-electron chi connectivity index (χ0n) is 14.8. The van der Waals surface area contributed by atoms with Crippen LogP contribution in [0.2, 0.25) is 0 Å². The summed E-state index contributed by atoms with van der Waals surface area (Å²) in [5.41, 5.74) is -0.468. The molecule has 3 rings (SSSR count). The molecule has 1 N–H and O–H groups in total. The van der Waals surface area contributed by atoms with Gasteiger partial charge >= 0.3 is 0 Å². The number of hydrogen-bond donors (Lipinski definition) is 1. The Morgan fingerprint density at radius 2 is 1.88 bits per heavy atom. The van der Waals surface area contributed by atoms with Crippen molar-refractivity contribution in [3.8, 4) is 0 Å². The molecular formula is C18H27N3O2S. The van der Waals surface area contributed by atoms with E-state index in [1.165, 1.54) is 6.42 Å². The summed E-state index contributed by atoms with van der Waals surface area (Å²) in [4.78, 5) is 32.3. The van der Waals surface area contributed by atoms with Gasteiger partial charge in [-0.3, -0.25) is 9.59 Å². The fourth-order valence-corrected chi connectivity index (χ4v) is 4.36. The van der Waals surface area contributed by atoms with Crippen LogP contribution in [0.5, 0.6) is 0 Å². The monoisotopic (exact) mass is 349 g/mol. The van der Waals surface area contributed by atoms with Gasteiger partial charge in [0.2, 0.25) is 11.8 Å². The number of carbonyl (C=O) groups excluding carboxylic acids is 2. The third-order valence-electron chi connectivity index (χ3n) is 5.11. The Morgan fingerprint density at radius 1 is 1.21 bits per heavy atom. The van der Waals surface area contributed by atoms with Gasteiger partial charge in [-0.15, -0.1) is 11.3 Å². The molecule has 1 saturated heterocycles. The Labute approximate surface area is 147 Å². The summed E-state index contributed by atoms with van der Waals surface area (Å²) < 4.78 is 0. The van der Waals surface area contributed by atoms with Crippen LogP contribution < -0.4 is 5.32 Å². The highest BCUT2D eigenvalue weighted by Gasteiger charge is 2.40. The van der Waals surface area contributed by atoms with Crippen molar-refractivity contribution in [2.75, 3.05) is 13.1 Å². The summed E-state index contributed by atoms with van der Waals surface area (Å²) in [5.74, 6) is 0.393. The van der Waals surface area contributed by atoms with Crippen LogP contribution in [-0.2, 0) is 15.1 Å². The van der Waals surface area contributed by atoms with Crippen LogP contribution in [0.25, 0.3) is 0 Å². The van der Waals surface area contributed by atoms with Crippen molar-refractivity contribution in [1.29, 1.82) is 0 Å². The molecule has 1 aliphatic heterocycles. The highest BCUT2D eigenvalue weighted by molar-refractivity contribution is 7.11. The van der Waals surface area contributed by atoms with E-state index in [9.17, 15) is 9.59 Å². The second-order valence-corrected chi connectivity index (χ2v) is 8.90. The minimum Gasteiger partial charge on any atom is -0.344 e. The number of nitrogens with one attached hydrogen (secondary N) is 1. The Hall–Kier alpha value is -1.43. The van der Waals surface area contributed by atoms with Gasteiger partial charge in [0.1, 0.15) is 5.01 Å². The zero-order valence-corrected chi connectivity index (χ0v) is 15.6. The zero-order chi connectivity index (χ0) is 17.3. The van der Waals surface area contributed by atoms with Crippen molar-refractivity contribution in [3.05, 3.63) is 16.1 Å². The lowest BCUT2D eigenvalue weighted by Crippen LogP contribution is -2.59. The maximum absolute atomic E-state index is 12.5. The average molecular weight is 350 g/mol. The topological polar surface area (TPSA) is 62.3 Å². The molecule has 5 nitrogen and oxygen atoms in total. The summed E-state index contributed by atoms with van der Waals surface area (Å²) >= 11 is 1.61. The van der Waals surface area contributed by atoms with Gasteiger partial charge in [0.05, 0.1) is 11.5 Å². The van der Waals surface area contributed by atoms with Crippen LogP contribution >= 0.6 is 11.3 Å². The van der Waals surface area contributed by atoms with Crippen LogP contribution in [0, 0.1) is 18.8 Å². The van der Waals surface area contributed by atoms with Gasteiger partial charge in [0.25, 0.3) is 0 Å². The minimum atomic E-state index is -0.468. The average Bonchev–Trinajstić information content (AvgIpc) is 2.93. The maximum atomic E-state index is 12.5. The molecule has 2 aliphatic rings. The van der Waals surface area contributed by atoms with E-state index >= 15 is 0 Å². The molecule has 2 amide bonds. The first kappa shape index (κ1) is 17.4. The molecule has 24 heavy (non-hydrogen) atoms. The van der Waals surface area contributed by atoms with Crippen molar-refractivity contribution in [2.24, 2.45) is 11.8 Å². The molecular weight excluding hydrogens is 322 g/mol. The third kappa shape index (κ3) is 3.63. The van der Waals surface area contributed by atoms with Crippen LogP contribution in [0.1, 0.15) is 55.8 Å². The Balaban J connectivity index is 1.50. The van der Waals surface area contributed by atoms with E-state index in [1.807, 2.05) is 31.9 Å². The third-order valence-corrected chi connectivity index (χ3v) is 6.35. The normalized spacial score (nSPS) is 19.9. The van der Waals surface area contributed by atoms with Gasteiger partial charge in [-0.05, 0) is 33.6 Å². The Kier molecular flexibility index (Phi) is 4.95. The van der Waals surface area contributed by atoms with Crippen molar-refractivity contribution in [1.82, 2.24) is 15.2 Å². The van der Waals surface area contributed by atoms with Crippen molar-refractivity contribution < 1.29 is 9.59 Å². The standard InChI is InChI=1S/C18H27N3O2S/c1-12-9-19-17(24-12)18(2,3)20-15(22)14-10-21(11-14)16(23)13-7-5-4-6-8-13/h9,13-14H,4-8,10-11H2,1-3H3,(H,20,22). The van der Waals surface area contributed by atoms with Crippen molar-refractivity contribution >= 4 is 23.2 Å². The number of amides is 2. The minimum absolute atomic E-state index is 0.0283. The van der Waals surface area contributed by atoms with Crippen molar-refractivity contribution in [3.63, 3.8) is 0 Å². The van der Waals surface area contributed by atoms with Crippen molar-refractivity contribution in [2.45, 2.75) is 58.4 Å². The molecule has 1 aromatic heterocycles. The second kappa shape index (κ2) is 6.82. The number of hydrogen-bond acceptors (Lipinski definition) is 4. The summed E-state index contributed by atoms with van der Waals surface area (Å²) in [6.45, 7) is 7.10.